The molecule has 0 radical (unpaired) electrons. The van der Waals surface area contributed by atoms with Crippen LogP contribution in [-0.2, 0) is 4.79 Å². The molecule has 2 nitrogen and oxygen atoms in total. The predicted molar refractivity (Wildman–Crippen MR) is 67.4 cm³/mol. The normalized spacial score (nSPS) is 10.0. The van der Waals surface area contributed by atoms with Crippen molar-refractivity contribution < 1.29 is 4.79 Å². The molecular weight excluding hydrogens is 206 g/mol. The zero-order chi connectivity index (χ0) is 11.1. The van der Waals surface area contributed by atoms with Crippen molar-refractivity contribution in [2.45, 2.75) is 20.3 Å². The van der Waals surface area contributed by atoms with Gasteiger partial charge in [-0.1, -0.05) is 19.1 Å². The van der Waals surface area contributed by atoms with E-state index in [4.69, 9.17) is 0 Å². The Kier molecular flexibility index (Phi) is 5.26. The van der Waals surface area contributed by atoms with Crippen molar-refractivity contribution in [2.24, 2.45) is 0 Å². The summed E-state index contributed by atoms with van der Waals surface area (Å²) in [6, 6.07) is 7.85. The van der Waals surface area contributed by atoms with Crippen LogP contribution in [0.4, 0.5) is 5.69 Å². The van der Waals surface area contributed by atoms with Gasteiger partial charge in [0.15, 0.2) is 0 Å². The van der Waals surface area contributed by atoms with Crippen LogP contribution in [0, 0.1) is 6.92 Å². The molecule has 0 bridgehead atoms. The van der Waals surface area contributed by atoms with E-state index in [1.165, 1.54) is 0 Å². The van der Waals surface area contributed by atoms with E-state index in [1.807, 2.05) is 31.2 Å². The fourth-order valence-electron chi connectivity index (χ4n) is 1.23. The van der Waals surface area contributed by atoms with Crippen LogP contribution in [0.1, 0.15) is 18.9 Å². The Balaban J connectivity index is 2.37. The number of rotatable bonds is 5. The van der Waals surface area contributed by atoms with E-state index in [2.05, 4.69) is 12.2 Å². The standard InChI is InChI=1S/C12H17NOS/c1-3-7-15-9-12(14)13-11-6-4-5-10(2)8-11/h4-6,8H,3,7,9H2,1-2H3,(H,13,14). The number of benzene rings is 1. The maximum atomic E-state index is 11.5. The Morgan fingerprint density at radius 2 is 2.27 bits per heavy atom. The van der Waals surface area contributed by atoms with Crippen LogP contribution < -0.4 is 5.32 Å². The molecule has 0 aliphatic heterocycles. The third kappa shape index (κ3) is 4.88. The Morgan fingerprint density at radius 1 is 1.47 bits per heavy atom. The monoisotopic (exact) mass is 223 g/mol. The summed E-state index contributed by atoms with van der Waals surface area (Å²) < 4.78 is 0. The van der Waals surface area contributed by atoms with Crippen LogP contribution >= 0.6 is 11.8 Å². The minimum atomic E-state index is 0.0825. The van der Waals surface area contributed by atoms with Gasteiger partial charge in [-0.05, 0) is 36.8 Å². The van der Waals surface area contributed by atoms with Gasteiger partial charge in [-0.25, -0.2) is 0 Å². The summed E-state index contributed by atoms with van der Waals surface area (Å²) in [5.74, 6) is 1.67. The van der Waals surface area contributed by atoms with E-state index in [0.717, 1.165) is 23.4 Å². The molecule has 0 aliphatic rings. The molecule has 0 atom stereocenters. The molecule has 1 amide bonds. The van der Waals surface area contributed by atoms with Gasteiger partial charge in [0.2, 0.25) is 5.91 Å². The van der Waals surface area contributed by atoms with Crippen LogP contribution in [0.25, 0.3) is 0 Å². The van der Waals surface area contributed by atoms with Gasteiger partial charge in [0, 0.05) is 5.69 Å². The average molecular weight is 223 g/mol. The maximum absolute atomic E-state index is 11.5. The Morgan fingerprint density at radius 3 is 2.93 bits per heavy atom. The molecule has 0 aromatic heterocycles. The first-order valence-corrected chi connectivity index (χ1v) is 6.32. The van der Waals surface area contributed by atoms with Gasteiger partial charge in [0.25, 0.3) is 0 Å². The lowest BCUT2D eigenvalue weighted by Crippen LogP contribution is -2.14. The van der Waals surface area contributed by atoms with Crippen molar-refractivity contribution >= 4 is 23.4 Å². The fraction of sp³-hybridized carbons (Fsp3) is 0.417. The molecule has 82 valence electrons. The summed E-state index contributed by atoms with van der Waals surface area (Å²) in [7, 11) is 0. The molecule has 1 N–H and O–H groups in total. The second-order valence-corrected chi connectivity index (χ2v) is 4.58. The SMILES string of the molecule is CCCSCC(=O)Nc1cccc(C)c1. The zero-order valence-electron chi connectivity index (χ0n) is 9.25. The molecule has 0 heterocycles. The first-order chi connectivity index (χ1) is 7.22. The lowest BCUT2D eigenvalue weighted by atomic mass is 10.2. The molecule has 0 spiro atoms. The summed E-state index contributed by atoms with van der Waals surface area (Å²) in [4.78, 5) is 11.5. The van der Waals surface area contributed by atoms with E-state index in [9.17, 15) is 4.79 Å². The molecule has 0 saturated carbocycles. The van der Waals surface area contributed by atoms with Gasteiger partial charge >= 0.3 is 0 Å². The number of thioether (sulfide) groups is 1. The molecule has 15 heavy (non-hydrogen) atoms. The zero-order valence-corrected chi connectivity index (χ0v) is 10.1. The number of amides is 1. The number of hydrogen-bond acceptors (Lipinski definition) is 2. The molecule has 0 aliphatic carbocycles. The van der Waals surface area contributed by atoms with E-state index in [-0.39, 0.29) is 5.91 Å². The third-order valence-corrected chi connectivity index (χ3v) is 3.05. The highest BCUT2D eigenvalue weighted by Gasteiger charge is 2.01. The average Bonchev–Trinajstić information content (AvgIpc) is 2.18. The minimum Gasteiger partial charge on any atom is -0.325 e. The first-order valence-electron chi connectivity index (χ1n) is 5.16. The second-order valence-electron chi connectivity index (χ2n) is 3.47. The Labute approximate surface area is 95.5 Å². The molecule has 1 rings (SSSR count). The summed E-state index contributed by atoms with van der Waals surface area (Å²) in [5, 5.41) is 2.88. The van der Waals surface area contributed by atoms with E-state index < -0.39 is 0 Å². The van der Waals surface area contributed by atoms with Gasteiger partial charge in [-0.2, -0.15) is 11.8 Å². The van der Waals surface area contributed by atoms with Gasteiger partial charge < -0.3 is 5.32 Å². The fourth-order valence-corrected chi connectivity index (χ4v) is 1.92. The molecular formula is C12H17NOS. The van der Waals surface area contributed by atoms with Crippen molar-refractivity contribution in [1.82, 2.24) is 0 Å². The summed E-state index contributed by atoms with van der Waals surface area (Å²) in [6.07, 6.45) is 1.11. The Bertz CT molecular complexity index is 325. The van der Waals surface area contributed by atoms with Crippen molar-refractivity contribution in [3.63, 3.8) is 0 Å². The largest absolute Gasteiger partial charge is 0.325 e. The van der Waals surface area contributed by atoms with Crippen molar-refractivity contribution in [2.75, 3.05) is 16.8 Å². The molecule has 3 heteroatoms. The van der Waals surface area contributed by atoms with E-state index >= 15 is 0 Å². The van der Waals surface area contributed by atoms with Gasteiger partial charge in [-0.15, -0.1) is 0 Å². The first kappa shape index (κ1) is 12.1. The maximum Gasteiger partial charge on any atom is 0.234 e. The van der Waals surface area contributed by atoms with E-state index in [0.29, 0.717) is 5.75 Å². The summed E-state index contributed by atoms with van der Waals surface area (Å²) in [6.45, 7) is 4.13. The quantitative estimate of drug-likeness (QED) is 0.777. The van der Waals surface area contributed by atoms with Crippen LogP contribution in [0.5, 0.6) is 0 Å². The number of aryl methyl sites for hydroxylation is 1. The Hall–Kier alpha value is -0.960. The van der Waals surface area contributed by atoms with Crippen LogP contribution in [0.15, 0.2) is 24.3 Å². The van der Waals surface area contributed by atoms with Crippen molar-refractivity contribution in [3.05, 3.63) is 29.8 Å². The number of anilines is 1. The third-order valence-electron chi connectivity index (χ3n) is 1.88. The lowest BCUT2D eigenvalue weighted by molar-refractivity contribution is -0.113. The van der Waals surface area contributed by atoms with Gasteiger partial charge in [0.1, 0.15) is 0 Å². The highest BCUT2D eigenvalue weighted by atomic mass is 32.2. The van der Waals surface area contributed by atoms with Crippen LogP contribution in [0.2, 0.25) is 0 Å². The molecule has 1 aromatic rings. The highest BCUT2D eigenvalue weighted by molar-refractivity contribution is 7.99. The van der Waals surface area contributed by atoms with Gasteiger partial charge in [-0.3, -0.25) is 4.79 Å². The number of carbonyl (C=O) groups excluding carboxylic acids is 1. The molecule has 0 unspecified atom stereocenters. The minimum absolute atomic E-state index is 0.0825. The van der Waals surface area contributed by atoms with Crippen molar-refractivity contribution in [3.8, 4) is 0 Å². The lowest BCUT2D eigenvalue weighted by Gasteiger charge is -2.05. The van der Waals surface area contributed by atoms with E-state index in [1.54, 1.807) is 11.8 Å². The number of nitrogens with one attached hydrogen (secondary N) is 1. The van der Waals surface area contributed by atoms with Crippen molar-refractivity contribution in [1.29, 1.82) is 0 Å². The highest BCUT2D eigenvalue weighted by Crippen LogP contribution is 2.10. The summed E-state index contributed by atoms with van der Waals surface area (Å²) in [5.41, 5.74) is 2.05. The number of hydrogen-bond donors (Lipinski definition) is 1. The molecule has 0 saturated heterocycles. The molecule has 0 fully saturated rings. The van der Waals surface area contributed by atoms with Gasteiger partial charge in [0.05, 0.1) is 5.75 Å². The second kappa shape index (κ2) is 6.51. The summed E-state index contributed by atoms with van der Waals surface area (Å²) >= 11 is 1.67. The topological polar surface area (TPSA) is 29.1 Å². The number of carbonyl (C=O) groups is 1. The smallest absolute Gasteiger partial charge is 0.234 e. The van der Waals surface area contributed by atoms with Crippen LogP contribution in [-0.4, -0.2) is 17.4 Å². The molecule has 1 aromatic carbocycles. The van der Waals surface area contributed by atoms with Crippen LogP contribution in [0.3, 0.4) is 0 Å². The predicted octanol–water partition coefficient (Wildman–Crippen LogP) is 3.08.